The predicted octanol–water partition coefficient (Wildman–Crippen LogP) is 3.20. The van der Waals surface area contributed by atoms with E-state index >= 15 is 0 Å². The number of amides is 1. The Morgan fingerprint density at radius 2 is 1.75 bits per heavy atom. The van der Waals surface area contributed by atoms with E-state index in [9.17, 15) is 9.59 Å². The number of carboxylic acids is 1. The van der Waals surface area contributed by atoms with Crippen LogP contribution in [0.2, 0.25) is 10.0 Å². The van der Waals surface area contributed by atoms with E-state index in [1.807, 2.05) is 6.07 Å². The van der Waals surface area contributed by atoms with Crippen LogP contribution in [0, 0.1) is 0 Å². The van der Waals surface area contributed by atoms with Crippen molar-refractivity contribution in [3.05, 3.63) is 64.1 Å². The Morgan fingerprint density at radius 3 is 2.38 bits per heavy atom. The van der Waals surface area contributed by atoms with Gasteiger partial charge in [0.25, 0.3) is 0 Å². The van der Waals surface area contributed by atoms with E-state index in [4.69, 9.17) is 28.3 Å². The number of nitrogens with one attached hydrogen (secondary N) is 1. The third kappa shape index (κ3) is 5.44. The van der Waals surface area contributed by atoms with Crippen LogP contribution in [0.1, 0.15) is 5.56 Å². The first-order valence-corrected chi connectivity index (χ1v) is 7.93. The third-order valence-corrected chi connectivity index (χ3v) is 3.86. The van der Waals surface area contributed by atoms with Crippen molar-refractivity contribution in [1.82, 2.24) is 5.32 Å². The summed E-state index contributed by atoms with van der Waals surface area (Å²) in [5, 5.41) is 12.7. The van der Waals surface area contributed by atoms with Gasteiger partial charge in [-0.05, 0) is 29.8 Å². The monoisotopic (exact) mass is 366 g/mol. The number of aliphatic carboxylic acids is 1. The smallest absolute Gasteiger partial charge is 0.323 e. The summed E-state index contributed by atoms with van der Waals surface area (Å²) < 4.78 is 0. The second kappa shape index (κ2) is 8.57. The van der Waals surface area contributed by atoms with E-state index in [0.29, 0.717) is 15.7 Å². The average Bonchev–Trinajstić information content (AvgIpc) is 2.54. The number of carbonyl (C=O) groups excluding carboxylic acids is 1. The number of carboxylic acid groups (broad SMARTS) is 1. The Bertz CT molecular complexity index is 723. The van der Waals surface area contributed by atoms with Gasteiger partial charge in [-0.3, -0.25) is 9.59 Å². The fraction of sp³-hybridized carbons (Fsp3) is 0.176. The highest BCUT2D eigenvalue weighted by Gasteiger charge is 2.14. The largest absolute Gasteiger partial charge is 0.480 e. The van der Waals surface area contributed by atoms with Gasteiger partial charge in [0.2, 0.25) is 5.91 Å². The van der Waals surface area contributed by atoms with Gasteiger partial charge in [0.1, 0.15) is 6.54 Å². The summed E-state index contributed by atoms with van der Waals surface area (Å²) in [7, 11) is 0. The van der Waals surface area contributed by atoms with Gasteiger partial charge in [-0.25, -0.2) is 0 Å². The number of benzene rings is 2. The summed E-state index contributed by atoms with van der Waals surface area (Å²) in [6, 6.07) is 13.9. The van der Waals surface area contributed by atoms with E-state index in [-0.39, 0.29) is 25.5 Å². The van der Waals surface area contributed by atoms with Crippen LogP contribution in [0.25, 0.3) is 0 Å². The van der Waals surface area contributed by atoms with Crippen molar-refractivity contribution in [2.24, 2.45) is 0 Å². The average molecular weight is 367 g/mol. The maximum Gasteiger partial charge on any atom is 0.323 e. The van der Waals surface area contributed by atoms with Gasteiger partial charge in [0.05, 0.1) is 6.54 Å². The van der Waals surface area contributed by atoms with Crippen LogP contribution < -0.4 is 10.2 Å². The molecule has 0 saturated heterocycles. The second-order valence-electron chi connectivity index (χ2n) is 5.10. The molecular weight excluding hydrogens is 351 g/mol. The van der Waals surface area contributed by atoms with Crippen LogP contribution in [0.4, 0.5) is 5.69 Å². The minimum Gasteiger partial charge on any atom is -0.480 e. The zero-order chi connectivity index (χ0) is 17.5. The molecule has 2 aromatic rings. The molecule has 0 atom stereocenters. The fourth-order valence-corrected chi connectivity index (χ4v) is 2.60. The van der Waals surface area contributed by atoms with Gasteiger partial charge in [-0.1, -0.05) is 47.5 Å². The molecule has 0 aliphatic heterocycles. The number of hydrogen-bond acceptors (Lipinski definition) is 3. The number of para-hydroxylation sites is 1. The Balaban J connectivity index is 1.98. The predicted molar refractivity (Wildman–Crippen MR) is 94.6 cm³/mol. The van der Waals surface area contributed by atoms with Gasteiger partial charge in [0, 0.05) is 22.3 Å². The maximum atomic E-state index is 12.1. The normalized spacial score (nSPS) is 10.2. The van der Waals surface area contributed by atoms with Crippen molar-refractivity contribution in [2.45, 2.75) is 6.54 Å². The number of halogens is 2. The molecule has 1 amide bonds. The highest BCUT2D eigenvalue weighted by Crippen LogP contribution is 2.20. The number of carbonyl (C=O) groups is 2. The van der Waals surface area contributed by atoms with Gasteiger partial charge < -0.3 is 15.3 Å². The minimum absolute atomic E-state index is 0.0679. The van der Waals surface area contributed by atoms with Crippen molar-refractivity contribution in [3.8, 4) is 0 Å². The Hall–Kier alpha value is -2.24. The molecule has 0 aliphatic rings. The lowest BCUT2D eigenvalue weighted by molar-refractivity contribution is -0.135. The molecule has 0 heterocycles. The molecule has 0 radical (unpaired) electrons. The Kier molecular flexibility index (Phi) is 6.46. The number of anilines is 1. The van der Waals surface area contributed by atoms with E-state index < -0.39 is 5.97 Å². The maximum absolute atomic E-state index is 12.1. The summed E-state index contributed by atoms with van der Waals surface area (Å²) >= 11 is 11.9. The molecule has 7 heteroatoms. The highest BCUT2D eigenvalue weighted by atomic mass is 35.5. The molecule has 0 spiro atoms. The van der Waals surface area contributed by atoms with Crippen molar-refractivity contribution >= 4 is 40.8 Å². The van der Waals surface area contributed by atoms with Crippen molar-refractivity contribution in [3.63, 3.8) is 0 Å². The number of rotatable bonds is 7. The first-order valence-electron chi connectivity index (χ1n) is 7.18. The van der Waals surface area contributed by atoms with Crippen LogP contribution in [-0.2, 0) is 16.1 Å². The first-order chi connectivity index (χ1) is 11.5. The topological polar surface area (TPSA) is 69.6 Å². The zero-order valence-electron chi connectivity index (χ0n) is 12.7. The molecule has 2 N–H and O–H groups in total. The number of hydrogen-bond donors (Lipinski definition) is 2. The van der Waals surface area contributed by atoms with Crippen LogP contribution >= 0.6 is 23.2 Å². The van der Waals surface area contributed by atoms with Crippen molar-refractivity contribution < 1.29 is 14.7 Å². The molecule has 0 aliphatic carbocycles. The summed E-state index contributed by atoms with van der Waals surface area (Å²) in [5.41, 5.74) is 1.40. The van der Waals surface area contributed by atoms with E-state index in [2.05, 4.69) is 5.32 Å². The molecular formula is C17H16Cl2N2O3. The molecule has 0 saturated carbocycles. The lowest BCUT2D eigenvalue weighted by Gasteiger charge is -2.22. The molecule has 0 aromatic heterocycles. The molecule has 24 heavy (non-hydrogen) atoms. The van der Waals surface area contributed by atoms with Crippen LogP contribution in [-0.4, -0.2) is 30.1 Å². The molecule has 0 fully saturated rings. The van der Waals surface area contributed by atoms with Gasteiger partial charge in [-0.15, -0.1) is 0 Å². The summed E-state index contributed by atoms with van der Waals surface area (Å²) in [4.78, 5) is 24.6. The van der Waals surface area contributed by atoms with E-state index in [0.717, 1.165) is 5.56 Å². The van der Waals surface area contributed by atoms with Gasteiger partial charge in [0.15, 0.2) is 0 Å². The van der Waals surface area contributed by atoms with Crippen molar-refractivity contribution in [2.75, 3.05) is 18.0 Å². The summed E-state index contributed by atoms with van der Waals surface area (Å²) in [6.45, 7) is -0.0921. The van der Waals surface area contributed by atoms with Gasteiger partial charge >= 0.3 is 5.97 Å². The van der Waals surface area contributed by atoms with Crippen molar-refractivity contribution in [1.29, 1.82) is 0 Å². The molecule has 0 bridgehead atoms. The number of nitrogens with zero attached hydrogens (tertiary/aromatic N) is 1. The second-order valence-corrected chi connectivity index (χ2v) is 5.94. The first kappa shape index (κ1) is 18.1. The van der Waals surface area contributed by atoms with Crippen LogP contribution in [0.15, 0.2) is 48.5 Å². The van der Waals surface area contributed by atoms with Crippen LogP contribution in [0.3, 0.4) is 0 Å². The zero-order valence-corrected chi connectivity index (χ0v) is 14.2. The fourth-order valence-electron chi connectivity index (χ4n) is 2.13. The van der Waals surface area contributed by atoms with Crippen LogP contribution in [0.5, 0.6) is 0 Å². The molecule has 2 rings (SSSR count). The SMILES string of the molecule is O=C(O)CN(CC(=O)NCc1ccc(Cl)cc1Cl)c1ccccc1. The quantitative estimate of drug-likeness (QED) is 0.789. The molecule has 5 nitrogen and oxygen atoms in total. The summed E-state index contributed by atoms with van der Waals surface area (Å²) in [5.74, 6) is -1.31. The molecule has 2 aromatic carbocycles. The molecule has 0 unspecified atom stereocenters. The minimum atomic E-state index is -1.01. The van der Waals surface area contributed by atoms with E-state index in [1.54, 1.807) is 42.5 Å². The third-order valence-electron chi connectivity index (χ3n) is 3.27. The highest BCUT2D eigenvalue weighted by molar-refractivity contribution is 6.35. The Labute approximate surface area is 149 Å². The van der Waals surface area contributed by atoms with Gasteiger partial charge in [-0.2, -0.15) is 0 Å². The Morgan fingerprint density at radius 1 is 1.04 bits per heavy atom. The lowest BCUT2D eigenvalue weighted by atomic mass is 10.2. The standard InChI is InChI=1S/C17H16Cl2N2O3/c18-13-7-6-12(15(19)8-13)9-20-16(22)10-21(11-17(23)24)14-4-2-1-3-5-14/h1-8H,9-11H2,(H,20,22)(H,23,24). The lowest BCUT2D eigenvalue weighted by Crippen LogP contribution is -2.39. The van der Waals surface area contributed by atoms with E-state index in [1.165, 1.54) is 4.90 Å². The molecule has 126 valence electrons. The summed E-state index contributed by atoms with van der Waals surface area (Å²) in [6.07, 6.45) is 0.